The van der Waals surface area contributed by atoms with Gasteiger partial charge in [-0.15, -0.1) is 0 Å². The van der Waals surface area contributed by atoms with Crippen molar-refractivity contribution in [2.75, 3.05) is 11.5 Å². The molecule has 0 aromatic heterocycles. The van der Waals surface area contributed by atoms with E-state index in [0.29, 0.717) is 12.1 Å². The Morgan fingerprint density at radius 1 is 0.652 bits per heavy atom. The van der Waals surface area contributed by atoms with Gasteiger partial charge >= 0.3 is 12.4 Å². The molecule has 2 aromatic carbocycles. The topological polar surface area (TPSA) is 61.3 Å². The van der Waals surface area contributed by atoms with E-state index in [2.05, 4.69) is 0 Å². The Bertz CT molecular complexity index is 663. The Kier molecular flexibility index (Phi) is 4.06. The van der Waals surface area contributed by atoms with Crippen LogP contribution in [0.15, 0.2) is 36.4 Å². The lowest BCUT2D eigenvalue weighted by Crippen LogP contribution is -2.11. The molecule has 0 radical (unpaired) electrons. The number of rotatable bonds is 2. The van der Waals surface area contributed by atoms with Crippen molar-refractivity contribution in [1.82, 2.24) is 0 Å². The lowest BCUT2D eigenvalue weighted by molar-refractivity contribution is -0.139. The monoisotopic (exact) mass is 336 g/mol. The first-order chi connectivity index (χ1) is 10.5. The molecule has 2 rings (SSSR count). The van der Waals surface area contributed by atoms with Crippen molar-refractivity contribution in [1.29, 1.82) is 0 Å². The molecule has 0 saturated heterocycles. The van der Waals surface area contributed by atoms with E-state index < -0.39 is 35.0 Å². The van der Waals surface area contributed by atoms with Crippen LogP contribution in [0.4, 0.5) is 37.7 Å². The minimum Gasteiger partial charge on any atom is -0.456 e. The van der Waals surface area contributed by atoms with Crippen LogP contribution in [-0.4, -0.2) is 0 Å². The Morgan fingerprint density at radius 3 is 1.30 bits per heavy atom. The summed E-state index contributed by atoms with van der Waals surface area (Å²) >= 11 is 0. The van der Waals surface area contributed by atoms with Gasteiger partial charge < -0.3 is 16.2 Å². The highest BCUT2D eigenvalue weighted by Crippen LogP contribution is 2.43. The molecule has 124 valence electrons. The summed E-state index contributed by atoms with van der Waals surface area (Å²) in [5.41, 5.74) is 7.63. The SMILES string of the molecule is Nc1ccc(Oc2ccc(N)cc2C(F)(F)F)c(C(F)(F)F)c1. The van der Waals surface area contributed by atoms with Crippen LogP contribution in [0.25, 0.3) is 0 Å². The molecule has 0 aliphatic rings. The first kappa shape index (κ1) is 16.8. The van der Waals surface area contributed by atoms with E-state index in [1.165, 1.54) is 0 Å². The van der Waals surface area contributed by atoms with Crippen LogP contribution in [-0.2, 0) is 12.4 Å². The van der Waals surface area contributed by atoms with Crippen LogP contribution in [0.1, 0.15) is 11.1 Å². The van der Waals surface area contributed by atoms with Crippen molar-refractivity contribution in [3.63, 3.8) is 0 Å². The molecule has 0 heterocycles. The maximum atomic E-state index is 13.0. The van der Waals surface area contributed by atoms with Gasteiger partial charge in [-0.05, 0) is 36.4 Å². The van der Waals surface area contributed by atoms with Gasteiger partial charge in [-0.1, -0.05) is 0 Å². The molecule has 9 heteroatoms. The summed E-state index contributed by atoms with van der Waals surface area (Å²) in [6.07, 6.45) is -9.67. The van der Waals surface area contributed by atoms with Gasteiger partial charge in [0.15, 0.2) is 0 Å². The van der Waals surface area contributed by atoms with Gasteiger partial charge in [-0.3, -0.25) is 0 Å². The van der Waals surface area contributed by atoms with Gasteiger partial charge in [-0.2, -0.15) is 26.3 Å². The molecular weight excluding hydrogens is 326 g/mol. The predicted octanol–water partition coefficient (Wildman–Crippen LogP) is 4.68. The third-order valence-electron chi connectivity index (χ3n) is 2.84. The molecule has 0 unspecified atom stereocenters. The Labute approximate surface area is 126 Å². The van der Waals surface area contributed by atoms with E-state index in [1.807, 2.05) is 0 Å². The van der Waals surface area contributed by atoms with Crippen LogP contribution >= 0.6 is 0 Å². The van der Waals surface area contributed by atoms with E-state index in [9.17, 15) is 26.3 Å². The van der Waals surface area contributed by atoms with E-state index >= 15 is 0 Å². The average Bonchev–Trinajstić information content (AvgIpc) is 2.40. The third-order valence-corrected chi connectivity index (χ3v) is 2.84. The summed E-state index contributed by atoms with van der Waals surface area (Å²) < 4.78 is 82.6. The molecule has 4 N–H and O–H groups in total. The summed E-state index contributed by atoms with van der Waals surface area (Å²) in [4.78, 5) is 0. The number of alkyl halides is 6. The number of hydrogen-bond acceptors (Lipinski definition) is 3. The number of nitrogens with two attached hydrogens (primary N) is 2. The van der Waals surface area contributed by atoms with Crippen LogP contribution in [0, 0.1) is 0 Å². The van der Waals surface area contributed by atoms with E-state index in [4.69, 9.17) is 16.2 Å². The standard InChI is InChI=1S/C14H10F6N2O/c15-13(16,17)9-5-7(21)1-3-11(9)23-12-4-2-8(22)6-10(12)14(18,19)20/h1-6H,21-22H2. The summed E-state index contributed by atoms with van der Waals surface area (Å²) in [6.45, 7) is 0. The molecule has 0 aliphatic heterocycles. The minimum atomic E-state index is -4.84. The zero-order chi connectivity index (χ0) is 17.4. The molecule has 2 aromatic rings. The van der Waals surface area contributed by atoms with Crippen molar-refractivity contribution < 1.29 is 31.1 Å². The molecular formula is C14H10F6N2O. The van der Waals surface area contributed by atoms with Crippen molar-refractivity contribution in [2.45, 2.75) is 12.4 Å². The number of anilines is 2. The molecule has 0 fully saturated rings. The lowest BCUT2D eigenvalue weighted by atomic mass is 10.1. The first-order valence-electron chi connectivity index (χ1n) is 6.10. The summed E-state index contributed by atoms with van der Waals surface area (Å²) in [7, 11) is 0. The van der Waals surface area contributed by atoms with E-state index in [-0.39, 0.29) is 11.4 Å². The largest absolute Gasteiger partial charge is 0.456 e. The summed E-state index contributed by atoms with van der Waals surface area (Å²) in [5, 5.41) is 0. The highest BCUT2D eigenvalue weighted by Gasteiger charge is 2.37. The van der Waals surface area contributed by atoms with Crippen LogP contribution in [0.3, 0.4) is 0 Å². The molecule has 0 atom stereocenters. The van der Waals surface area contributed by atoms with Gasteiger partial charge in [0.2, 0.25) is 0 Å². The van der Waals surface area contributed by atoms with Crippen LogP contribution in [0.5, 0.6) is 11.5 Å². The maximum absolute atomic E-state index is 13.0. The second-order valence-corrected chi connectivity index (χ2v) is 4.61. The van der Waals surface area contributed by atoms with Crippen molar-refractivity contribution in [3.8, 4) is 11.5 Å². The predicted molar refractivity (Wildman–Crippen MR) is 71.8 cm³/mol. The quantitative estimate of drug-likeness (QED) is 0.618. The molecule has 23 heavy (non-hydrogen) atoms. The van der Waals surface area contributed by atoms with Crippen molar-refractivity contribution in [2.24, 2.45) is 0 Å². The fourth-order valence-corrected chi connectivity index (χ4v) is 1.83. The zero-order valence-electron chi connectivity index (χ0n) is 11.3. The van der Waals surface area contributed by atoms with Gasteiger partial charge in [0.05, 0.1) is 0 Å². The van der Waals surface area contributed by atoms with Gasteiger partial charge in [0.1, 0.15) is 22.6 Å². The normalized spacial score (nSPS) is 12.3. The number of benzene rings is 2. The van der Waals surface area contributed by atoms with Crippen molar-refractivity contribution in [3.05, 3.63) is 47.5 Å². The highest BCUT2D eigenvalue weighted by molar-refractivity contribution is 5.53. The lowest BCUT2D eigenvalue weighted by Gasteiger charge is -2.17. The molecule has 3 nitrogen and oxygen atoms in total. The minimum absolute atomic E-state index is 0.196. The summed E-state index contributed by atoms with van der Waals surface area (Å²) in [5.74, 6) is -1.58. The van der Waals surface area contributed by atoms with Gasteiger partial charge in [0, 0.05) is 11.4 Å². The summed E-state index contributed by atoms with van der Waals surface area (Å²) in [6, 6.07) is 5.06. The molecule has 0 amide bonds. The van der Waals surface area contributed by atoms with Crippen LogP contribution < -0.4 is 16.2 Å². The third kappa shape index (κ3) is 3.79. The number of nitrogen functional groups attached to an aromatic ring is 2. The average molecular weight is 336 g/mol. The second kappa shape index (κ2) is 5.56. The fraction of sp³-hybridized carbons (Fsp3) is 0.143. The highest BCUT2D eigenvalue weighted by atomic mass is 19.4. The number of hydrogen-bond donors (Lipinski definition) is 2. The van der Waals surface area contributed by atoms with Crippen molar-refractivity contribution >= 4 is 11.4 Å². The van der Waals surface area contributed by atoms with Gasteiger partial charge in [0.25, 0.3) is 0 Å². The number of halogens is 6. The molecule has 0 aliphatic carbocycles. The smallest absolute Gasteiger partial charge is 0.420 e. The Hall–Kier alpha value is -2.58. The molecule has 0 spiro atoms. The second-order valence-electron chi connectivity index (χ2n) is 4.61. The van der Waals surface area contributed by atoms with E-state index in [1.54, 1.807) is 0 Å². The molecule has 0 bridgehead atoms. The van der Waals surface area contributed by atoms with Gasteiger partial charge in [-0.25, -0.2) is 0 Å². The first-order valence-corrected chi connectivity index (χ1v) is 6.10. The van der Waals surface area contributed by atoms with E-state index in [0.717, 1.165) is 24.3 Å². The van der Waals surface area contributed by atoms with Crippen LogP contribution in [0.2, 0.25) is 0 Å². The maximum Gasteiger partial charge on any atom is 0.420 e. The fourth-order valence-electron chi connectivity index (χ4n) is 1.83. The Morgan fingerprint density at radius 2 is 1.00 bits per heavy atom. The Balaban J connectivity index is 2.53. The molecule has 0 saturated carbocycles. The zero-order valence-corrected chi connectivity index (χ0v) is 11.3. The number of ether oxygens (including phenoxy) is 1.